The van der Waals surface area contributed by atoms with Gasteiger partial charge in [0, 0.05) is 6.54 Å². The van der Waals surface area contributed by atoms with Gasteiger partial charge in [-0.1, -0.05) is 38.5 Å². The van der Waals surface area contributed by atoms with Crippen molar-refractivity contribution in [1.29, 1.82) is 0 Å². The minimum Gasteiger partial charge on any atom is -0.493 e. The highest BCUT2D eigenvalue weighted by atomic mass is 16.5. The number of nitrogens with zero attached hydrogens (tertiary/aromatic N) is 2. The van der Waals surface area contributed by atoms with E-state index in [0.29, 0.717) is 22.9 Å². The predicted octanol–water partition coefficient (Wildman–Crippen LogP) is 4.10. The highest BCUT2D eigenvalue weighted by Gasteiger charge is 2.47. The van der Waals surface area contributed by atoms with Crippen LogP contribution in [0.5, 0.6) is 17.2 Å². The number of amides is 3. The molecule has 160 valence electrons. The van der Waals surface area contributed by atoms with Gasteiger partial charge < -0.3 is 19.1 Å². The van der Waals surface area contributed by atoms with Crippen molar-refractivity contribution in [2.75, 3.05) is 26.2 Å². The first-order chi connectivity index (χ1) is 14.5. The van der Waals surface area contributed by atoms with E-state index in [1.54, 1.807) is 50.5 Å². The summed E-state index contributed by atoms with van der Waals surface area (Å²) < 4.78 is 16.2. The molecule has 1 saturated heterocycles. The maximum atomic E-state index is 13.3. The van der Waals surface area contributed by atoms with Crippen molar-refractivity contribution in [3.8, 4) is 17.2 Å². The fraction of sp³-hybridized carbons (Fsp3) is 0.391. The Bertz CT molecular complexity index is 890. The van der Waals surface area contributed by atoms with Crippen LogP contribution in [0, 0.1) is 5.92 Å². The van der Waals surface area contributed by atoms with E-state index in [0.717, 1.165) is 12.0 Å². The van der Waals surface area contributed by atoms with Gasteiger partial charge in [0.25, 0.3) is 5.91 Å². The van der Waals surface area contributed by atoms with Gasteiger partial charge in [-0.15, -0.1) is 0 Å². The Labute approximate surface area is 177 Å². The molecule has 2 aromatic rings. The first kappa shape index (κ1) is 21.5. The van der Waals surface area contributed by atoms with E-state index < -0.39 is 6.04 Å². The molecule has 1 fully saturated rings. The van der Waals surface area contributed by atoms with Crippen LogP contribution in [0.3, 0.4) is 0 Å². The SMILES string of the molecule is CC[C@H](C)[C@H]1C(=O)N(c2ccccc2)C(=O)N1Cc1cc(OC)c(OC)c(OC)c1. The fourth-order valence-electron chi connectivity index (χ4n) is 3.79. The molecule has 0 unspecified atom stereocenters. The summed E-state index contributed by atoms with van der Waals surface area (Å²) in [5.74, 6) is 1.30. The molecular weight excluding hydrogens is 384 g/mol. The normalized spacial score (nSPS) is 17.3. The predicted molar refractivity (Wildman–Crippen MR) is 114 cm³/mol. The smallest absolute Gasteiger partial charge is 0.332 e. The lowest BCUT2D eigenvalue weighted by molar-refractivity contribution is -0.121. The Kier molecular flexibility index (Phi) is 6.50. The van der Waals surface area contributed by atoms with Crippen molar-refractivity contribution in [3.05, 3.63) is 48.0 Å². The highest BCUT2D eigenvalue weighted by molar-refractivity contribution is 6.21. The van der Waals surface area contributed by atoms with Gasteiger partial charge in [-0.2, -0.15) is 0 Å². The van der Waals surface area contributed by atoms with E-state index in [1.807, 2.05) is 32.0 Å². The summed E-state index contributed by atoms with van der Waals surface area (Å²) in [6.45, 7) is 4.26. The largest absolute Gasteiger partial charge is 0.493 e. The molecule has 0 spiro atoms. The maximum absolute atomic E-state index is 13.3. The average Bonchev–Trinajstić information content (AvgIpc) is 3.02. The van der Waals surface area contributed by atoms with Gasteiger partial charge >= 0.3 is 6.03 Å². The minimum atomic E-state index is -0.540. The Morgan fingerprint density at radius 2 is 1.57 bits per heavy atom. The van der Waals surface area contributed by atoms with Crippen molar-refractivity contribution in [3.63, 3.8) is 0 Å². The summed E-state index contributed by atoms with van der Waals surface area (Å²) in [5, 5.41) is 0. The average molecular weight is 412 g/mol. The summed E-state index contributed by atoms with van der Waals surface area (Å²) in [4.78, 5) is 29.5. The Hall–Kier alpha value is -3.22. The van der Waals surface area contributed by atoms with Gasteiger partial charge in [-0.25, -0.2) is 9.69 Å². The second-order valence-corrected chi connectivity index (χ2v) is 7.28. The van der Waals surface area contributed by atoms with Crippen LogP contribution in [-0.4, -0.2) is 44.2 Å². The van der Waals surface area contributed by atoms with Crippen LogP contribution >= 0.6 is 0 Å². The zero-order valence-electron chi connectivity index (χ0n) is 18.0. The lowest BCUT2D eigenvalue weighted by Crippen LogP contribution is -2.39. The number of ether oxygens (including phenoxy) is 3. The number of benzene rings is 2. The molecule has 3 rings (SSSR count). The number of carbonyl (C=O) groups is 2. The zero-order valence-corrected chi connectivity index (χ0v) is 18.0. The number of carbonyl (C=O) groups excluding carboxylic acids is 2. The minimum absolute atomic E-state index is 0.0113. The molecule has 0 bridgehead atoms. The van der Waals surface area contributed by atoms with Crippen LogP contribution in [0.25, 0.3) is 0 Å². The van der Waals surface area contributed by atoms with Crippen LogP contribution in [0.15, 0.2) is 42.5 Å². The number of imide groups is 1. The number of hydrogen-bond donors (Lipinski definition) is 0. The standard InChI is InChI=1S/C23H28N2O5/c1-6-15(2)20-22(26)25(17-10-8-7-9-11-17)23(27)24(20)14-16-12-18(28-3)21(30-5)19(13-16)29-4/h7-13,15,20H,6,14H2,1-5H3/t15-,20-/m0/s1. The molecule has 0 aliphatic carbocycles. The molecule has 1 heterocycles. The summed E-state index contributed by atoms with van der Waals surface area (Å²) in [6.07, 6.45) is 0.776. The van der Waals surface area contributed by atoms with Crippen LogP contribution in [-0.2, 0) is 11.3 Å². The molecule has 3 amide bonds. The number of hydrogen-bond acceptors (Lipinski definition) is 5. The second-order valence-electron chi connectivity index (χ2n) is 7.28. The van der Waals surface area contributed by atoms with Gasteiger partial charge in [-0.05, 0) is 35.7 Å². The first-order valence-corrected chi connectivity index (χ1v) is 9.95. The zero-order chi connectivity index (χ0) is 21.8. The maximum Gasteiger partial charge on any atom is 0.332 e. The van der Waals surface area contributed by atoms with E-state index in [9.17, 15) is 9.59 Å². The number of anilines is 1. The summed E-state index contributed by atoms with van der Waals surface area (Å²) in [6, 6.07) is 11.8. The molecule has 2 aromatic carbocycles. The number of para-hydroxylation sites is 1. The van der Waals surface area contributed by atoms with Gasteiger partial charge in [0.05, 0.1) is 27.0 Å². The highest BCUT2D eigenvalue weighted by Crippen LogP contribution is 2.39. The van der Waals surface area contributed by atoms with Crippen molar-refractivity contribution in [2.24, 2.45) is 5.92 Å². The van der Waals surface area contributed by atoms with Gasteiger partial charge in [-0.3, -0.25) is 4.79 Å². The molecule has 1 aliphatic rings. The van der Waals surface area contributed by atoms with Crippen LogP contribution in [0.4, 0.5) is 10.5 Å². The fourth-order valence-corrected chi connectivity index (χ4v) is 3.79. The molecule has 7 heteroatoms. The Morgan fingerprint density at radius 1 is 0.967 bits per heavy atom. The van der Waals surface area contributed by atoms with Gasteiger partial charge in [0.2, 0.25) is 5.75 Å². The first-order valence-electron chi connectivity index (χ1n) is 9.95. The number of rotatable bonds is 8. The van der Waals surface area contributed by atoms with Crippen LogP contribution < -0.4 is 19.1 Å². The molecular formula is C23H28N2O5. The molecule has 0 saturated carbocycles. The monoisotopic (exact) mass is 412 g/mol. The summed E-state index contributed by atoms with van der Waals surface area (Å²) in [5.41, 5.74) is 1.36. The third kappa shape index (κ3) is 3.79. The van der Waals surface area contributed by atoms with Crippen molar-refractivity contribution >= 4 is 17.6 Å². The van der Waals surface area contributed by atoms with E-state index in [2.05, 4.69) is 0 Å². The van der Waals surface area contributed by atoms with Gasteiger partial charge in [0.15, 0.2) is 11.5 Å². The third-order valence-corrected chi connectivity index (χ3v) is 5.52. The van der Waals surface area contributed by atoms with Crippen molar-refractivity contribution in [1.82, 2.24) is 4.90 Å². The van der Waals surface area contributed by atoms with Crippen LogP contribution in [0.1, 0.15) is 25.8 Å². The second kappa shape index (κ2) is 9.07. The van der Waals surface area contributed by atoms with Crippen molar-refractivity contribution < 1.29 is 23.8 Å². The molecule has 0 N–H and O–H groups in total. The van der Waals surface area contributed by atoms with E-state index in [-0.39, 0.29) is 24.4 Å². The lowest BCUT2D eigenvalue weighted by Gasteiger charge is -2.26. The quantitative estimate of drug-likeness (QED) is 0.611. The van der Waals surface area contributed by atoms with Gasteiger partial charge in [0.1, 0.15) is 6.04 Å². The number of urea groups is 1. The Balaban J connectivity index is 2.01. The Morgan fingerprint density at radius 3 is 2.07 bits per heavy atom. The summed E-state index contributed by atoms with van der Waals surface area (Å²) in [7, 11) is 4.63. The third-order valence-electron chi connectivity index (χ3n) is 5.52. The van der Waals surface area contributed by atoms with Crippen LogP contribution in [0.2, 0.25) is 0 Å². The van der Waals surface area contributed by atoms with E-state index in [4.69, 9.17) is 14.2 Å². The summed E-state index contributed by atoms with van der Waals surface area (Å²) >= 11 is 0. The van der Waals surface area contributed by atoms with Crippen molar-refractivity contribution in [2.45, 2.75) is 32.9 Å². The molecule has 2 atom stereocenters. The van der Waals surface area contributed by atoms with E-state index >= 15 is 0 Å². The molecule has 1 aliphatic heterocycles. The molecule has 30 heavy (non-hydrogen) atoms. The molecule has 0 radical (unpaired) electrons. The number of methoxy groups -OCH3 is 3. The molecule has 0 aromatic heterocycles. The topological polar surface area (TPSA) is 68.3 Å². The van der Waals surface area contributed by atoms with E-state index in [1.165, 1.54) is 4.90 Å². The molecule has 7 nitrogen and oxygen atoms in total. The lowest BCUT2D eigenvalue weighted by atomic mass is 9.97.